The van der Waals surface area contributed by atoms with Gasteiger partial charge in [-0.2, -0.15) is 0 Å². The molecule has 2 heterocycles. The monoisotopic (exact) mass is 463 g/mol. The number of benzene rings is 2. The molecule has 2 aromatic heterocycles. The van der Waals surface area contributed by atoms with Crippen LogP contribution in [0.1, 0.15) is 23.1 Å². The molecule has 0 fully saturated rings. The second-order valence-corrected chi connectivity index (χ2v) is 10.1. The van der Waals surface area contributed by atoms with Gasteiger partial charge in [-0.3, -0.25) is 0 Å². The second kappa shape index (κ2) is 6.92. The first kappa shape index (κ1) is 22.5. The van der Waals surface area contributed by atoms with Gasteiger partial charge in [-0.25, -0.2) is 0 Å². The van der Waals surface area contributed by atoms with E-state index in [-0.39, 0.29) is 0 Å². The molecule has 30 heavy (non-hydrogen) atoms. The molecule has 0 atom stereocenters. The Morgan fingerprint density at radius 1 is 0.833 bits per heavy atom. The van der Waals surface area contributed by atoms with Crippen LogP contribution >= 0.6 is 19.1 Å². The topological polar surface area (TPSA) is 4.10 Å². The van der Waals surface area contributed by atoms with Gasteiger partial charge in [0.05, 0.1) is 15.8 Å². The van der Waals surface area contributed by atoms with Gasteiger partial charge >= 0.3 is 33.0 Å². The number of aryl methyl sites for hydroxylation is 3. The number of aromatic nitrogens is 1. The molecule has 0 saturated heterocycles. The van der Waals surface area contributed by atoms with Gasteiger partial charge in [0.1, 0.15) is 0 Å². The number of para-hydroxylation sites is 1. The Labute approximate surface area is 173 Å². The molecule has 0 bridgehead atoms. The van der Waals surface area contributed by atoms with Crippen LogP contribution in [0.2, 0.25) is 0 Å². The summed E-state index contributed by atoms with van der Waals surface area (Å²) < 4.78 is 61.6. The van der Waals surface area contributed by atoms with Crippen molar-refractivity contribution in [3.63, 3.8) is 0 Å². The minimum atomic E-state index is -10.7. The predicted molar refractivity (Wildman–Crippen MR) is 113 cm³/mol. The van der Waals surface area contributed by atoms with Gasteiger partial charge in [0.25, 0.3) is 4.83 Å². The van der Waals surface area contributed by atoms with E-state index in [4.69, 9.17) is 0 Å². The Morgan fingerprint density at radius 2 is 1.37 bits per heavy atom. The molecule has 0 aliphatic heterocycles. The van der Waals surface area contributed by atoms with Gasteiger partial charge in [0, 0.05) is 13.0 Å². The number of hydrogen-bond donors (Lipinski definition) is 0. The zero-order chi connectivity index (χ0) is 22.4. The van der Waals surface area contributed by atoms with Crippen LogP contribution < -0.4 is 4.40 Å². The van der Waals surface area contributed by atoms with E-state index in [1.165, 1.54) is 43.0 Å². The number of fused-ring (bicyclic) bond motifs is 3. The molecule has 4 aromatic rings. The Balaban J connectivity index is 0.000000318. The molecule has 1 nitrogen and oxygen atoms in total. The van der Waals surface area contributed by atoms with Crippen LogP contribution in [-0.4, -0.2) is 0 Å². The van der Waals surface area contributed by atoms with E-state index in [1.807, 2.05) is 11.3 Å². The summed E-state index contributed by atoms with van der Waals surface area (Å²) in [5, 5.41) is 1.37. The molecule has 0 aliphatic rings. The van der Waals surface area contributed by atoms with Crippen molar-refractivity contribution in [3.8, 4) is 11.1 Å². The first-order chi connectivity index (χ1) is 13.7. The van der Waals surface area contributed by atoms with Crippen molar-refractivity contribution >= 4 is 34.9 Å². The zero-order valence-corrected chi connectivity index (χ0v) is 18.2. The Kier molecular flexibility index (Phi) is 5.19. The van der Waals surface area contributed by atoms with E-state index < -0.39 is 7.81 Å². The number of halogens is 6. The fourth-order valence-electron chi connectivity index (χ4n) is 3.48. The standard InChI is InChI=1S/C21H20NS.F6P/c1-4-17-18-12-8-9-13-19(18)22-14(2)15(3)23-21(22)20(17)16-10-6-5-7-11-16;1-7(2,3,4,5)6/h5-13H,4H2,1-3H3;/q+1;-1. The molecule has 0 aliphatic carbocycles. The molecule has 0 radical (unpaired) electrons. The van der Waals surface area contributed by atoms with Crippen molar-refractivity contribution in [3.05, 3.63) is 70.7 Å². The van der Waals surface area contributed by atoms with Crippen LogP contribution in [0.4, 0.5) is 25.2 Å². The number of nitrogens with zero attached hydrogens (tertiary/aromatic N) is 1. The Morgan fingerprint density at radius 3 is 1.93 bits per heavy atom. The summed E-state index contributed by atoms with van der Waals surface area (Å²) >= 11 is 1.91. The van der Waals surface area contributed by atoms with E-state index in [0.29, 0.717) is 0 Å². The van der Waals surface area contributed by atoms with Crippen molar-refractivity contribution in [2.45, 2.75) is 27.2 Å². The van der Waals surface area contributed by atoms with E-state index in [0.717, 1.165) is 6.42 Å². The third kappa shape index (κ3) is 5.29. The van der Waals surface area contributed by atoms with Crippen LogP contribution in [0.3, 0.4) is 0 Å². The van der Waals surface area contributed by atoms with Crippen molar-refractivity contribution in [1.82, 2.24) is 0 Å². The van der Waals surface area contributed by atoms with Crippen LogP contribution in [0.25, 0.3) is 26.9 Å². The molecule has 162 valence electrons. The van der Waals surface area contributed by atoms with E-state index >= 15 is 0 Å². The van der Waals surface area contributed by atoms with E-state index in [2.05, 4.69) is 79.8 Å². The van der Waals surface area contributed by atoms with Crippen molar-refractivity contribution in [1.29, 1.82) is 0 Å². The number of thiazole rings is 1. The summed E-state index contributed by atoms with van der Waals surface area (Å²) in [7, 11) is -10.7. The van der Waals surface area contributed by atoms with Gasteiger partial charge in [0.15, 0.2) is 5.69 Å². The van der Waals surface area contributed by atoms with Gasteiger partial charge in [0.2, 0.25) is 5.52 Å². The Bertz CT molecular complexity index is 1220. The van der Waals surface area contributed by atoms with Gasteiger partial charge < -0.3 is 0 Å². The summed E-state index contributed by atoms with van der Waals surface area (Å²) in [5.74, 6) is 0. The van der Waals surface area contributed by atoms with Crippen LogP contribution in [-0.2, 0) is 6.42 Å². The number of hydrogen-bond acceptors (Lipinski definition) is 1. The molecule has 0 amide bonds. The summed E-state index contributed by atoms with van der Waals surface area (Å²) in [4.78, 5) is 2.75. The number of rotatable bonds is 2. The summed E-state index contributed by atoms with van der Waals surface area (Å²) in [6, 6.07) is 19.6. The first-order valence-electron chi connectivity index (χ1n) is 9.14. The summed E-state index contributed by atoms with van der Waals surface area (Å²) in [6.07, 6.45) is 1.04. The second-order valence-electron chi connectivity index (χ2n) is 6.93. The normalized spacial score (nSPS) is 14.2. The molecule has 4 rings (SSSR count). The van der Waals surface area contributed by atoms with Crippen LogP contribution in [0.15, 0.2) is 54.6 Å². The third-order valence-corrected chi connectivity index (χ3v) is 5.88. The molecule has 2 aromatic carbocycles. The summed E-state index contributed by atoms with van der Waals surface area (Å²) in [6.45, 7) is 6.71. The molecule has 9 heteroatoms. The van der Waals surface area contributed by atoms with Gasteiger partial charge in [-0.15, -0.1) is 4.40 Å². The minimum absolute atomic E-state index is 1.04. The van der Waals surface area contributed by atoms with Crippen molar-refractivity contribution < 1.29 is 29.6 Å². The average Bonchev–Trinajstić information content (AvgIpc) is 2.93. The molecule has 0 saturated carbocycles. The van der Waals surface area contributed by atoms with Gasteiger partial charge in [-0.05, 0) is 30.5 Å². The zero-order valence-electron chi connectivity index (χ0n) is 16.5. The number of pyridine rings is 1. The van der Waals surface area contributed by atoms with Crippen LogP contribution in [0, 0.1) is 13.8 Å². The summed E-state index contributed by atoms with van der Waals surface area (Å²) in [5.41, 5.74) is 6.83. The Hall–Kier alpha value is -2.18. The molecule has 0 unspecified atom stereocenters. The van der Waals surface area contributed by atoms with E-state index in [1.54, 1.807) is 0 Å². The molecule has 0 N–H and O–H groups in total. The quantitative estimate of drug-likeness (QED) is 0.159. The SMILES string of the molecule is CCc1c(-c2ccccc2)c2sc(C)c(C)[n+]2c2ccccc12.F[P-](F)(F)(F)(F)F. The fraction of sp³-hybridized carbons (Fsp3) is 0.190. The van der Waals surface area contributed by atoms with E-state index in [9.17, 15) is 25.2 Å². The van der Waals surface area contributed by atoms with Crippen molar-refractivity contribution in [2.75, 3.05) is 0 Å². The van der Waals surface area contributed by atoms with Crippen molar-refractivity contribution in [2.24, 2.45) is 0 Å². The maximum atomic E-state index is 9.87. The molecule has 0 spiro atoms. The first-order valence-corrected chi connectivity index (χ1v) is 12.0. The molecular weight excluding hydrogens is 443 g/mol. The third-order valence-electron chi connectivity index (χ3n) is 4.70. The molecular formula is C21H20F6NPS. The van der Waals surface area contributed by atoms with Crippen LogP contribution in [0.5, 0.6) is 0 Å². The average molecular weight is 463 g/mol. The predicted octanol–water partition coefficient (Wildman–Crippen LogP) is 8.87. The van der Waals surface area contributed by atoms with Gasteiger partial charge in [-0.1, -0.05) is 60.7 Å². The fourth-order valence-corrected chi connectivity index (χ4v) is 4.68. The maximum absolute atomic E-state index is 10.7.